The normalized spacial score (nSPS) is 20.9. The summed E-state index contributed by atoms with van der Waals surface area (Å²) in [5.41, 5.74) is 1.37. The topological polar surface area (TPSA) is 76.0 Å². The molecule has 1 atom stereocenters. The van der Waals surface area contributed by atoms with E-state index in [4.69, 9.17) is 11.6 Å². The van der Waals surface area contributed by atoms with Crippen molar-refractivity contribution in [1.82, 2.24) is 19.7 Å². The summed E-state index contributed by atoms with van der Waals surface area (Å²) in [5.74, 6) is -2.45. The van der Waals surface area contributed by atoms with Gasteiger partial charge in [-0.1, -0.05) is 11.6 Å². The number of H-pyrrole nitrogens is 1. The summed E-state index contributed by atoms with van der Waals surface area (Å²) < 4.78 is 60.9. The maximum atomic E-state index is 14.4. The third kappa shape index (κ3) is 4.36. The minimum absolute atomic E-state index is 0.0950. The van der Waals surface area contributed by atoms with Gasteiger partial charge in [0.2, 0.25) is 0 Å². The lowest BCUT2D eigenvalue weighted by Gasteiger charge is -2.40. The second kappa shape index (κ2) is 8.83. The lowest BCUT2D eigenvalue weighted by molar-refractivity contribution is -0.0543. The fourth-order valence-electron chi connectivity index (χ4n) is 4.69. The molecule has 0 radical (unpaired) electrons. The van der Waals surface area contributed by atoms with Crippen molar-refractivity contribution in [3.63, 3.8) is 0 Å². The van der Waals surface area contributed by atoms with Gasteiger partial charge in [-0.05, 0) is 43.5 Å². The zero-order chi connectivity index (χ0) is 24.9. The molecule has 35 heavy (non-hydrogen) atoms. The Morgan fingerprint density at radius 1 is 1.29 bits per heavy atom. The molecule has 4 aromatic rings. The molecule has 1 aliphatic carbocycles. The number of rotatable bonds is 7. The Morgan fingerprint density at radius 2 is 2.06 bits per heavy atom. The van der Waals surface area contributed by atoms with E-state index < -0.39 is 41.4 Å². The van der Waals surface area contributed by atoms with E-state index in [0.29, 0.717) is 35.0 Å². The number of hydrogen-bond donors (Lipinski definition) is 2. The second-order valence-corrected chi connectivity index (χ2v) is 9.37. The van der Waals surface area contributed by atoms with Crippen LogP contribution < -0.4 is 4.74 Å². The van der Waals surface area contributed by atoms with Crippen LogP contribution in [0.5, 0.6) is 5.75 Å². The first kappa shape index (κ1) is 23.6. The van der Waals surface area contributed by atoms with Gasteiger partial charge in [0.05, 0.1) is 22.9 Å². The number of aliphatic hydroxyl groups is 1. The summed E-state index contributed by atoms with van der Waals surface area (Å²) in [6.07, 6.45) is 7.85. The van der Waals surface area contributed by atoms with E-state index in [2.05, 4.69) is 19.8 Å². The van der Waals surface area contributed by atoms with Crippen molar-refractivity contribution in [2.45, 2.75) is 43.9 Å². The largest absolute Gasteiger partial charge is 0.434 e. The van der Waals surface area contributed by atoms with Crippen molar-refractivity contribution in [2.75, 3.05) is 6.67 Å². The minimum atomic E-state index is -3.19. The number of aromatic nitrogens is 4. The smallest absolute Gasteiger partial charge is 0.387 e. The quantitative estimate of drug-likeness (QED) is 0.300. The van der Waals surface area contributed by atoms with Crippen LogP contribution in [-0.4, -0.2) is 43.7 Å². The van der Waals surface area contributed by atoms with Crippen LogP contribution in [0.15, 0.2) is 43.0 Å². The Kier molecular flexibility index (Phi) is 5.96. The molecule has 1 saturated carbocycles. The molecule has 0 spiro atoms. The summed E-state index contributed by atoms with van der Waals surface area (Å²) in [6.45, 7) is -2.45. The highest BCUT2D eigenvalue weighted by atomic mass is 35.5. The van der Waals surface area contributed by atoms with E-state index in [1.165, 1.54) is 6.20 Å². The molecular weight excluding hydrogens is 488 g/mol. The molecule has 0 aliphatic heterocycles. The molecule has 11 heteroatoms. The maximum absolute atomic E-state index is 14.4. The highest BCUT2D eigenvalue weighted by Crippen LogP contribution is 2.43. The molecule has 0 bridgehead atoms. The predicted octanol–water partition coefficient (Wildman–Crippen LogP) is 6.01. The molecule has 0 unspecified atom stereocenters. The van der Waals surface area contributed by atoms with Crippen molar-refractivity contribution in [3.05, 3.63) is 65.0 Å². The third-order valence-electron chi connectivity index (χ3n) is 6.41. The number of fused-ring (bicyclic) bond motifs is 1. The first-order chi connectivity index (χ1) is 16.7. The number of nitrogens with zero attached hydrogens (tertiary/aromatic N) is 3. The lowest BCUT2D eigenvalue weighted by Crippen LogP contribution is -2.42. The molecule has 5 rings (SSSR count). The molecule has 1 aliphatic rings. The first-order valence-corrected chi connectivity index (χ1v) is 11.3. The van der Waals surface area contributed by atoms with Crippen LogP contribution in [0.2, 0.25) is 5.02 Å². The van der Waals surface area contributed by atoms with Gasteiger partial charge in [-0.2, -0.15) is 13.9 Å². The Morgan fingerprint density at radius 3 is 2.74 bits per heavy atom. The van der Waals surface area contributed by atoms with Crippen molar-refractivity contribution in [1.29, 1.82) is 0 Å². The number of halogens is 5. The first-order valence-electron chi connectivity index (χ1n) is 10.9. The maximum Gasteiger partial charge on any atom is 0.387 e. The van der Waals surface area contributed by atoms with E-state index in [1.807, 2.05) is 6.20 Å². The summed E-state index contributed by atoms with van der Waals surface area (Å²) in [7, 11) is 0. The summed E-state index contributed by atoms with van der Waals surface area (Å²) in [5, 5.41) is 14.4. The predicted molar refractivity (Wildman–Crippen MR) is 122 cm³/mol. The molecule has 3 heterocycles. The van der Waals surface area contributed by atoms with Crippen LogP contribution in [0.1, 0.15) is 42.9 Å². The van der Waals surface area contributed by atoms with Gasteiger partial charge >= 0.3 is 6.61 Å². The van der Waals surface area contributed by atoms with Crippen molar-refractivity contribution < 1.29 is 27.4 Å². The standard InChI is InChI=1S/C24H21ClF4N4O2/c1-24(34)5-14(6-24)33-11-13(9-32-33)12-4-15-17(10-31-22(15)30-8-12)16(7-26)20-19(35-23(28)29)3-2-18(27)21(20)25/h2-4,8-11,14,16,23,34H,5-7H2,1H3,(H,30,31)/t14?,16-,24?/m1/s1. The molecule has 184 valence electrons. The van der Waals surface area contributed by atoms with E-state index in [0.717, 1.165) is 17.7 Å². The average Bonchev–Trinajstić information content (AvgIpc) is 3.44. The fraction of sp³-hybridized carbons (Fsp3) is 0.333. The summed E-state index contributed by atoms with van der Waals surface area (Å²) in [4.78, 5) is 7.34. The highest BCUT2D eigenvalue weighted by molar-refractivity contribution is 6.31. The average molecular weight is 509 g/mol. The number of aromatic amines is 1. The zero-order valence-corrected chi connectivity index (χ0v) is 19.2. The van der Waals surface area contributed by atoms with Crippen LogP contribution in [0.3, 0.4) is 0 Å². The van der Waals surface area contributed by atoms with Gasteiger partial charge in [0.15, 0.2) is 0 Å². The summed E-state index contributed by atoms with van der Waals surface area (Å²) >= 11 is 6.10. The van der Waals surface area contributed by atoms with Gasteiger partial charge in [0, 0.05) is 46.6 Å². The van der Waals surface area contributed by atoms with E-state index in [-0.39, 0.29) is 11.6 Å². The van der Waals surface area contributed by atoms with E-state index >= 15 is 0 Å². The number of ether oxygens (including phenoxy) is 1. The number of hydrogen-bond acceptors (Lipinski definition) is 4. The SMILES string of the molecule is CC1(O)CC(n2cc(-c3cnc4[nH]cc([C@@H](CF)c5c(OC(F)F)ccc(F)c5Cl)c4c3)cn2)C1. The van der Waals surface area contributed by atoms with Gasteiger partial charge in [-0.25, -0.2) is 9.37 Å². The van der Waals surface area contributed by atoms with Gasteiger partial charge in [0.25, 0.3) is 0 Å². The van der Waals surface area contributed by atoms with Crippen LogP contribution >= 0.6 is 11.6 Å². The van der Waals surface area contributed by atoms with Crippen LogP contribution in [0, 0.1) is 5.82 Å². The number of pyridine rings is 1. The van der Waals surface area contributed by atoms with Crippen LogP contribution in [0.4, 0.5) is 17.6 Å². The molecule has 1 aromatic carbocycles. The Balaban J connectivity index is 1.54. The zero-order valence-electron chi connectivity index (χ0n) is 18.5. The summed E-state index contributed by atoms with van der Waals surface area (Å²) in [6, 6.07) is 3.77. The van der Waals surface area contributed by atoms with Gasteiger partial charge < -0.3 is 14.8 Å². The van der Waals surface area contributed by atoms with Crippen molar-refractivity contribution >= 4 is 22.6 Å². The molecule has 6 nitrogen and oxygen atoms in total. The highest BCUT2D eigenvalue weighted by Gasteiger charge is 2.39. The van der Waals surface area contributed by atoms with Crippen molar-refractivity contribution in [2.24, 2.45) is 0 Å². The monoisotopic (exact) mass is 508 g/mol. The lowest BCUT2D eigenvalue weighted by atomic mass is 9.77. The second-order valence-electron chi connectivity index (χ2n) is 8.99. The van der Waals surface area contributed by atoms with Crippen LogP contribution in [-0.2, 0) is 0 Å². The van der Waals surface area contributed by atoms with E-state index in [1.54, 1.807) is 30.1 Å². The minimum Gasteiger partial charge on any atom is -0.434 e. The number of nitrogens with one attached hydrogen (secondary N) is 1. The van der Waals surface area contributed by atoms with E-state index in [9.17, 15) is 22.7 Å². The molecule has 0 saturated heterocycles. The fourth-order valence-corrected chi connectivity index (χ4v) is 4.97. The number of benzene rings is 1. The van der Waals surface area contributed by atoms with Gasteiger partial charge in [0.1, 0.15) is 23.9 Å². The molecule has 3 aromatic heterocycles. The Hall–Kier alpha value is -3.11. The molecule has 1 fully saturated rings. The molecule has 2 N–H and O–H groups in total. The van der Waals surface area contributed by atoms with Gasteiger partial charge in [-0.15, -0.1) is 0 Å². The van der Waals surface area contributed by atoms with Crippen LogP contribution in [0.25, 0.3) is 22.2 Å². The van der Waals surface area contributed by atoms with Gasteiger partial charge in [-0.3, -0.25) is 9.07 Å². The Bertz CT molecular complexity index is 1380. The van der Waals surface area contributed by atoms with Crippen molar-refractivity contribution in [3.8, 4) is 16.9 Å². The Labute approximate surface area is 202 Å². The molecular formula is C24H21ClF4N4O2. The molecule has 0 amide bonds. The third-order valence-corrected chi connectivity index (χ3v) is 6.79. The number of alkyl halides is 3.